The minimum Gasteiger partial charge on any atom is -0.494 e. The van der Waals surface area contributed by atoms with Gasteiger partial charge in [-0.1, -0.05) is 23.4 Å². The minimum atomic E-state index is -0.353. The second kappa shape index (κ2) is 7.29. The number of carbonyl (C=O) groups is 1. The Bertz CT molecular complexity index is 1080. The highest BCUT2D eigenvalue weighted by atomic mass is 16.5. The number of carbonyl (C=O) groups excluding carboxylic acids is 1. The summed E-state index contributed by atoms with van der Waals surface area (Å²) in [5, 5.41) is 7.69. The van der Waals surface area contributed by atoms with Crippen molar-refractivity contribution in [2.45, 2.75) is 6.92 Å². The van der Waals surface area contributed by atoms with Gasteiger partial charge < -0.3 is 14.6 Å². The smallest absolute Gasteiger partial charge is 0.277 e. The highest BCUT2D eigenvalue weighted by Crippen LogP contribution is 2.25. The quantitative estimate of drug-likeness (QED) is 0.566. The molecule has 0 bridgehead atoms. The lowest BCUT2D eigenvalue weighted by Gasteiger charge is -2.06. The van der Waals surface area contributed by atoms with Crippen LogP contribution in [0.25, 0.3) is 22.2 Å². The number of ether oxygens (including phenoxy) is 1. The van der Waals surface area contributed by atoms with Gasteiger partial charge in [-0.15, -0.1) is 0 Å². The Kier molecular flexibility index (Phi) is 4.53. The number of hydrogen-bond acceptors (Lipinski definition) is 5. The van der Waals surface area contributed by atoms with E-state index in [1.165, 1.54) is 0 Å². The monoisotopic (exact) mass is 359 g/mol. The molecule has 4 rings (SSSR count). The number of nitrogens with zero attached hydrogens (tertiary/aromatic N) is 2. The van der Waals surface area contributed by atoms with Gasteiger partial charge in [0.25, 0.3) is 5.91 Å². The molecular weight excluding hydrogens is 342 g/mol. The summed E-state index contributed by atoms with van der Waals surface area (Å²) < 4.78 is 10.8. The maximum absolute atomic E-state index is 12.6. The van der Waals surface area contributed by atoms with Crippen molar-refractivity contribution in [1.82, 2.24) is 10.1 Å². The van der Waals surface area contributed by atoms with Gasteiger partial charge in [-0.2, -0.15) is 0 Å². The van der Waals surface area contributed by atoms with Gasteiger partial charge in [0.2, 0.25) is 0 Å². The number of hydrogen-bond donors (Lipinski definition) is 1. The largest absolute Gasteiger partial charge is 0.494 e. The lowest BCUT2D eigenvalue weighted by atomic mass is 10.1. The van der Waals surface area contributed by atoms with E-state index in [1.807, 2.05) is 55.5 Å². The van der Waals surface area contributed by atoms with E-state index in [9.17, 15) is 4.79 Å². The van der Waals surface area contributed by atoms with Crippen molar-refractivity contribution in [2.75, 3.05) is 11.9 Å². The molecule has 0 unspecified atom stereocenters. The molecule has 0 atom stereocenters. The summed E-state index contributed by atoms with van der Waals surface area (Å²) in [6.07, 6.45) is 1.69. The van der Waals surface area contributed by atoms with E-state index in [0.29, 0.717) is 18.1 Å². The van der Waals surface area contributed by atoms with Crippen molar-refractivity contribution in [3.05, 3.63) is 72.6 Å². The molecule has 1 N–H and O–H groups in total. The van der Waals surface area contributed by atoms with Crippen LogP contribution in [0.4, 0.5) is 5.69 Å². The summed E-state index contributed by atoms with van der Waals surface area (Å²) in [6, 6.07) is 18.5. The maximum Gasteiger partial charge on any atom is 0.277 e. The van der Waals surface area contributed by atoms with Crippen LogP contribution < -0.4 is 10.1 Å². The van der Waals surface area contributed by atoms with Crippen LogP contribution in [0.5, 0.6) is 5.75 Å². The van der Waals surface area contributed by atoms with Crippen LogP contribution in [0.15, 0.2) is 71.4 Å². The fraction of sp³-hybridized carbons (Fsp3) is 0.0952. The average Bonchev–Trinajstić information content (AvgIpc) is 3.19. The second-order valence-electron chi connectivity index (χ2n) is 5.87. The Labute approximate surface area is 155 Å². The molecule has 2 aromatic heterocycles. The standard InChI is InChI=1S/C21H17N3O3/c1-2-26-16-10-8-14(9-11-16)19-13-18(24-27-19)21(25)23-17-7-3-5-15-6-4-12-22-20(15)17/h3-13H,2H2,1H3,(H,23,25). The number of anilines is 1. The number of aromatic nitrogens is 2. The fourth-order valence-electron chi connectivity index (χ4n) is 2.79. The van der Waals surface area contributed by atoms with E-state index < -0.39 is 0 Å². The van der Waals surface area contributed by atoms with Gasteiger partial charge in [0.15, 0.2) is 11.5 Å². The van der Waals surface area contributed by atoms with Gasteiger partial charge in [-0.3, -0.25) is 9.78 Å². The molecule has 134 valence electrons. The van der Waals surface area contributed by atoms with Gasteiger partial charge in [0, 0.05) is 23.2 Å². The van der Waals surface area contributed by atoms with Gasteiger partial charge in [-0.25, -0.2) is 0 Å². The molecule has 6 nitrogen and oxygen atoms in total. The molecule has 0 fully saturated rings. The minimum absolute atomic E-state index is 0.201. The highest BCUT2D eigenvalue weighted by molar-refractivity contribution is 6.07. The van der Waals surface area contributed by atoms with E-state index in [2.05, 4.69) is 15.5 Å². The van der Waals surface area contributed by atoms with Crippen LogP contribution in [0, 0.1) is 0 Å². The van der Waals surface area contributed by atoms with Crippen molar-refractivity contribution in [3.63, 3.8) is 0 Å². The zero-order valence-corrected chi connectivity index (χ0v) is 14.7. The van der Waals surface area contributed by atoms with E-state index >= 15 is 0 Å². The van der Waals surface area contributed by atoms with Crippen molar-refractivity contribution in [1.29, 1.82) is 0 Å². The molecule has 2 heterocycles. The van der Waals surface area contributed by atoms with E-state index in [0.717, 1.165) is 22.2 Å². The molecule has 0 aliphatic carbocycles. The maximum atomic E-state index is 12.6. The predicted molar refractivity (Wildman–Crippen MR) is 103 cm³/mol. The van der Waals surface area contributed by atoms with Crippen molar-refractivity contribution < 1.29 is 14.1 Å². The van der Waals surface area contributed by atoms with Crippen LogP contribution in [0.2, 0.25) is 0 Å². The Balaban J connectivity index is 1.55. The molecule has 1 amide bonds. The third-order valence-electron chi connectivity index (χ3n) is 4.07. The number of para-hydroxylation sites is 1. The first-order valence-electron chi connectivity index (χ1n) is 8.59. The van der Waals surface area contributed by atoms with E-state index in [-0.39, 0.29) is 11.6 Å². The predicted octanol–water partition coefficient (Wildman–Crippen LogP) is 4.54. The number of rotatable bonds is 5. The fourth-order valence-corrected chi connectivity index (χ4v) is 2.79. The van der Waals surface area contributed by atoms with Gasteiger partial charge in [0.05, 0.1) is 17.8 Å². The highest BCUT2D eigenvalue weighted by Gasteiger charge is 2.15. The SMILES string of the molecule is CCOc1ccc(-c2cc(C(=O)Nc3cccc4cccnc34)no2)cc1. The van der Waals surface area contributed by atoms with Gasteiger partial charge >= 0.3 is 0 Å². The Morgan fingerprint density at radius 3 is 2.74 bits per heavy atom. The normalized spacial score (nSPS) is 10.7. The topological polar surface area (TPSA) is 77.2 Å². The number of amides is 1. The van der Waals surface area contributed by atoms with Gasteiger partial charge in [-0.05, 0) is 43.3 Å². The zero-order chi connectivity index (χ0) is 18.6. The Hall–Kier alpha value is -3.67. The van der Waals surface area contributed by atoms with Crippen LogP contribution in [0.1, 0.15) is 17.4 Å². The lowest BCUT2D eigenvalue weighted by molar-refractivity contribution is 0.101. The molecular formula is C21H17N3O3. The first-order chi connectivity index (χ1) is 13.2. The Morgan fingerprint density at radius 1 is 1.11 bits per heavy atom. The molecule has 0 aliphatic rings. The summed E-state index contributed by atoms with van der Waals surface area (Å²) in [5.74, 6) is 0.940. The third-order valence-corrected chi connectivity index (χ3v) is 4.07. The molecule has 27 heavy (non-hydrogen) atoms. The summed E-state index contributed by atoms with van der Waals surface area (Å²) in [6.45, 7) is 2.54. The van der Waals surface area contributed by atoms with Gasteiger partial charge in [0.1, 0.15) is 5.75 Å². The number of nitrogens with one attached hydrogen (secondary N) is 1. The first kappa shape index (κ1) is 16.8. The summed E-state index contributed by atoms with van der Waals surface area (Å²) in [4.78, 5) is 16.9. The molecule has 6 heteroatoms. The summed E-state index contributed by atoms with van der Waals surface area (Å²) in [7, 11) is 0. The number of benzene rings is 2. The summed E-state index contributed by atoms with van der Waals surface area (Å²) in [5.41, 5.74) is 2.37. The second-order valence-corrected chi connectivity index (χ2v) is 5.87. The average molecular weight is 359 g/mol. The van der Waals surface area contributed by atoms with Crippen LogP contribution in [-0.4, -0.2) is 22.7 Å². The Morgan fingerprint density at radius 2 is 1.93 bits per heavy atom. The van der Waals surface area contributed by atoms with E-state index in [4.69, 9.17) is 9.26 Å². The van der Waals surface area contributed by atoms with Crippen LogP contribution >= 0.6 is 0 Å². The van der Waals surface area contributed by atoms with Crippen molar-refractivity contribution in [2.24, 2.45) is 0 Å². The van der Waals surface area contributed by atoms with Crippen LogP contribution in [0.3, 0.4) is 0 Å². The number of pyridine rings is 1. The van der Waals surface area contributed by atoms with Crippen LogP contribution in [-0.2, 0) is 0 Å². The third kappa shape index (κ3) is 3.50. The van der Waals surface area contributed by atoms with E-state index in [1.54, 1.807) is 18.3 Å². The molecule has 0 spiro atoms. The van der Waals surface area contributed by atoms with Crippen molar-refractivity contribution >= 4 is 22.5 Å². The zero-order valence-electron chi connectivity index (χ0n) is 14.7. The molecule has 0 radical (unpaired) electrons. The lowest BCUT2D eigenvalue weighted by Crippen LogP contribution is -2.12. The summed E-state index contributed by atoms with van der Waals surface area (Å²) >= 11 is 0. The molecule has 0 saturated carbocycles. The first-order valence-corrected chi connectivity index (χ1v) is 8.59. The molecule has 2 aromatic carbocycles. The molecule has 4 aromatic rings. The number of fused-ring (bicyclic) bond motifs is 1. The van der Waals surface area contributed by atoms with Crippen molar-refractivity contribution in [3.8, 4) is 17.1 Å². The molecule has 0 saturated heterocycles. The molecule has 0 aliphatic heterocycles.